The number of Topliss-reactive ketones (excluding diaryl/α,β-unsaturated/α-hetero) is 1. The molecule has 0 N–H and O–H groups in total. The second kappa shape index (κ2) is 5.10. The minimum Gasteiger partial charge on any atom is -0.298 e. The number of benzene rings is 1. The molecule has 0 unspecified atom stereocenters. The van der Waals surface area contributed by atoms with Crippen molar-refractivity contribution in [1.82, 2.24) is 0 Å². The Morgan fingerprint density at radius 1 is 1.16 bits per heavy atom. The molecular formula is C16H15ClOS. The Morgan fingerprint density at radius 3 is 2.42 bits per heavy atom. The van der Waals surface area contributed by atoms with Gasteiger partial charge in [0.1, 0.15) is 5.78 Å². The lowest BCUT2D eigenvalue weighted by molar-refractivity contribution is -0.126. The predicted molar refractivity (Wildman–Crippen MR) is 80.0 cm³/mol. The first kappa shape index (κ1) is 12.9. The molecular weight excluding hydrogens is 276 g/mol. The van der Waals surface area contributed by atoms with Crippen molar-refractivity contribution in [1.29, 1.82) is 0 Å². The molecule has 98 valence electrons. The van der Waals surface area contributed by atoms with E-state index in [1.165, 1.54) is 16.9 Å². The van der Waals surface area contributed by atoms with Crippen molar-refractivity contribution in [2.45, 2.75) is 31.1 Å². The summed E-state index contributed by atoms with van der Waals surface area (Å²) < 4.78 is 0.755. The number of hydrogen-bond donors (Lipinski definition) is 0. The fourth-order valence-corrected chi connectivity index (χ4v) is 3.88. The summed E-state index contributed by atoms with van der Waals surface area (Å²) in [5, 5.41) is 0. The Hall–Kier alpha value is -1.12. The zero-order valence-corrected chi connectivity index (χ0v) is 12.1. The first-order valence-corrected chi connectivity index (χ1v) is 7.73. The molecule has 1 aliphatic rings. The molecule has 0 radical (unpaired) electrons. The largest absolute Gasteiger partial charge is 0.298 e. The van der Waals surface area contributed by atoms with Gasteiger partial charge >= 0.3 is 0 Å². The van der Waals surface area contributed by atoms with Crippen molar-refractivity contribution in [2.75, 3.05) is 0 Å². The maximum atomic E-state index is 12.7. The Labute approximate surface area is 122 Å². The maximum Gasteiger partial charge on any atom is 0.148 e. The highest BCUT2D eigenvalue weighted by Crippen LogP contribution is 2.45. The highest BCUT2D eigenvalue weighted by Gasteiger charge is 2.44. The van der Waals surface area contributed by atoms with Gasteiger partial charge in [-0.2, -0.15) is 0 Å². The van der Waals surface area contributed by atoms with Crippen LogP contribution in [0.15, 0.2) is 42.5 Å². The smallest absolute Gasteiger partial charge is 0.148 e. The van der Waals surface area contributed by atoms with Crippen molar-refractivity contribution in [3.63, 3.8) is 0 Å². The number of hydrogen-bond acceptors (Lipinski definition) is 2. The van der Waals surface area contributed by atoms with Crippen LogP contribution in [0.1, 0.15) is 29.7 Å². The Morgan fingerprint density at radius 2 is 1.89 bits per heavy atom. The van der Waals surface area contributed by atoms with Crippen LogP contribution in [-0.4, -0.2) is 5.78 Å². The van der Waals surface area contributed by atoms with Gasteiger partial charge in [-0.25, -0.2) is 0 Å². The molecule has 1 heterocycles. The summed E-state index contributed by atoms with van der Waals surface area (Å²) in [6.45, 7) is 0. The summed E-state index contributed by atoms with van der Waals surface area (Å²) in [4.78, 5) is 13.8. The molecule has 3 heteroatoms. The molecule has 1 aliphatic carbocycles. The summed E-state index contributed by atoms with van der Waals surface area (Å²) in [6, 6.07) is 14.0. The number of rotatable bonds is 4. The minimum absolute atomic E-state index is 0.238. The average Bonchev–Trinajstić information content (AvgIpc) is 2.75. The van der Waals surface area contributed by atoms with Crippen LogP contribution in [0.4, 0.5) is 0 Å². The summed E-state index contributed by atoms with van der Waals surface area (Å²) >= 11 is 7.44. The number of halogens is 1. The zero-order valence-electron chi connectivity index (χ0n) is 10.6. The van der Waals surface area contributed by atoms with Crippen molar-refractivity contribution >= 4 is 28.7 Å². The zero-order chi connectivity index (χ0) is 13.3. The van der Waals surface area contributed by atoms with Crippen molar-refractivity contribution in [3.05, 3.63) is 57.2 Å². The van der Waals surface area contributed by atoms with Gasteiger partial charge in [-0.1, -0.05) is 48.4 Å². The van der Waals surface area contributed by atoms with Crippen LogP contribution >= 0.6 is 22.9 Å². The molecule has 1 nitrogen and oxygen atoms in total. The van der Waals surface area contributed by atoms with Crippen LogP contribution in [0.2, 0.25) is 4.34 Å². The van der Waals surface area contributed by atoms with Gasteiger partial charge in [0, 0.05) is 11.3 Å². The normalized spacial score (nSPS) is 16.9. The predicted octanol–water partition coefficient (Wildman–Crippen LogP) is 4.64. The van der Waals surface area contributed by atoms with Crippen LogP contribution in [0.3, 0.4) is 0 Å². The summed E-state index contributed by atoms with van der Waals surface area (Å²) in [5.41, 5.74) is 0.937. The molecule has 0 amide bonds. The quantitative estimate of drug-likeness (QED) is 0.802. The van der Waals surface area contributed by atoms with Gasteiger partial charge < -0.3 is 0 Å². The number of ketones is 1. The van der Waals surface area contributed by atoms with E-state index in [9.17, 15) is 4.79 Å². The molecule has 0 saturated heterocycles. The summed E-state index contributed by atoms with van der Waals surface area (Å²) in [5.74, 6) is 0.337. The van der Waals surface area contributed by atoms with E-state index in [2.05, 4.69) is 12.1 Å². The maximum absolute atomic E-state index is 12.7. The number of carbonyl (C=O) groups is 1. The van der Waals surface area contributed by atoms with E-state index in [0.29, 0.717) is 12.2 Å². The van der Waals surface area contributed by atoms with Gasteiger partial charge in [0.05, 0.1) is 9.75 Å². The summed E-state index contributed by atoms with van der Waals surface area (Å²) in [6.07, 6.45) is 3.61. The minimum atomic E-state index is -0.238. The summed E-state index contributed by atoms with van der Waals surface area (Å²) in [7, 11) is 0. The van der Waals surface area contributed by atoms with Crippen LogP contribution in [-0.2, 0) is 16.6 Å². The van der Waals surface area contributed by atoms with E-state index in [-0.39, 0.29) is 5.41 Å². The molecule has 0 bridgehead atoms. The van der Waals surface area contributed by atoms with E-state index >= 15 is 0 Å². The molecule has 0 atom stereocenters. The molecule has 19 heavy (non-hydrogen) atoms. The molecule has 2 aromatic rings. The third-order valence-corrected chi connectivity index (χ3v) is 5.26. The van der Waals surface area contributed by atoms with Gasteiger partial charge in [-0.3, -0.25) is 4.79 Å². The lowest BCUT2D eigenvalue weighted by atomic mass is 9.61. The van der Waals surface area contributed by atoms with Gasteiger partial charge in [0.25, 0.3) is 0 Å². The molecule has 1 aromatic heterocycles. The van der Waals surface area contributed by atoms with E-state index in [1.54, 1.807) is 0 Å². The van der Waals surface area contributed by atoms with Gasteiger partial charge in [-0.15, -0.1) is 11.3 Å². The number of carbonyl (C=O) groups excluding carboxylic acids is 1. The van der Waals surface area contributed by atoms with Crippen molar-refractivity contribution in [3.8, 4) is 0 Å². The third-order valence-electron chi connectivity index (χ3n) is 4.03. The fraction of sp³-hybridized carbons (Fsp3) is 0.312. The lowest BCUT2D eigenvalue weighted by Crippen LogP contribution is -2.43. The highest BCUT2D eigenvalue weighted by molar-refractivity contribution is 7.16. The van der Waals surface area contributed by atoms with Crippen LogP contribution in [0, 0.1) is 0 Å². The molecule has 0 aliphatic heterocycles. The molecule has 1 fully saturated rings. The first-order valence-electron chi connectivity index (χ1n) is 6.54. The van der Waals surface area contributed by atoms with Crippen molar-refractivity contribution in [2.24, 2.45) is 0 Å². The second-order valence-corrected chi connectivity index (χ2v) is 6.91. The Kier molecular flexibility index (Phi) is 3.46. The SMILES string of the molecule is O=C(Cc1ccc(Cl)s1)C1(c2ccccc2)CCC1. The van der Waals surface area contributed by atoms with Crippen LogP contribution < -0.4 is 0 Å². The van der Waals surface area contributed by atoms with E-state index in [0.717, 1.165) is 28.5 Å². The number of thiophene rings is 1. The van der Waals surface area contributed by atoms with Crippen molar-refractivity contribution < 1.29 is 4.79 Å². The highest BCUT2D eigenvalue weighted by atomic mass is 35.5. The van der Waals surface area contributed by atoms with E-state index in [1.807, 2.05) is 30.3 Å². The molecule has 3 rings (SSSR count). The second-order valence-electron chi connectivity index (χ2n) is 5.11. The van der Waals surface area contributed by atoms with Gasteiger partial charge in [-0.05, 0) is 30.5 Å². The van der Waals surface area contributed by atoms with Crippen LogP contribution in [0.5, 0.6) is 0 Å². The van der Waals surface area contributed by atoms with Gasteiger partial charge in [0.2, 0.25) is 0 Å². The molecule has 1 aromatic carbocycles. The lowest BCUT2D eigenvalue weighted by Gasteiger charge is -2.41. The fourth-order valence-electron chi connectivity index (χ4n) is 2.79. The standard InChI is InChI=1S/C16H15ClOS/c17-15-8-7-13(19-15)11-14(18)16(9-4-10-16)12-5-2-1-3-6-12/h1-3,5-8H,4,9-11H2. The third kappa shape index (κ3) is 2.35. The molecule has 1 saturated carbocycles. The monoisotopic (exact) mass is 290 g/mol. The van der Waals surface area contributed by atoms with Gasteiger partial charge in [0.15, 0.2) is 0 Å². The van der Waals surface area contributed by atoms with Crippen LogP contribution in [0.25, 0.3) is 0 Å². The Bertz CT molecular complexity index is 584. The first-order chi connectivity index (χ1) is 9.21. The van der Waals surface area contributed by atoms with E-state index in [4.69, 9.17) is 11.6 Å². The average molecular weight is 291 g/mol. The van der Waals surface area contributed by atoms with E-state index < -0.39 is 0 Å². The Balaban J connectivity index is 1.84. The molecule has 0 spiro atoms. The topological polar surface area (TPSA) is 17.1 Å².